The molecule has 1 aliphatic heterocycles. The molecule has 2 rings (SSSR count). The van der Waals surface area contributed by atoms with E-state index in [-0.39, 0.29) is 0 Å². The van der Waals surface area contributed by atoms with E-state index in [1.165, 1.54) is 45.6 Å². The van der Waals surface area contributed by atoms with Crippen LogP contribution in [-0.4, -0.2) is 62.7 Å². The summed E-state index contributed by atoms with van der Waals surface area (Å²) in [5, 5.41) is 3.66. The van der Waals surface area contributed by atoms with Crippen molar-refractivity contribution < 1.29 is 0 Å². The van der Waals surface area contributed by atoms with Gasteiger partial charge < -0.3 is 10.2 Å². The van der Waals surface area contributed by atoms with E-state index in [2.05, 4.69) is 36.1 Å². The average Bonchev–Trinajstić information content (AvgIpc) is 2.93. The van der Waals surface area contributed by atoms with Gasteiger partial charge in [-0.15, -0.1) is 0 Å². The molecule has 15 heavy (non-hydrogen) atoms. The van der Waals surface area contributed by atoms with E-state index in [1.54, 1.807) is 0 Å². The zero-order valence-electron chi connectivity index (χ0n) is 10.4. The molecule has 1 saturated heterocycles. The minimum Gasteiger partial charge on any atom is -0.312 e. The minimum atomic E-state index is 0.650. The lowest BCUT2D eigenvalue weighted by Crippen LogP contribution is -2.38. The summed E-state index contributed by atoms with van der Waals surface area (Å²) in [7, 11) is 4.32. The Kier molecular flexibility index (Phi) is 3.33. The van der Waals surface area contributed by atoms with E-state index in [0.717, 1.165) is 0 Å². The van der Waals surface area contributed by atoms with Gasteiger partial charge in [-0.2, -0.15) is 0 Å². The Balaban J connectivity index is 1.85. The second-order valence-electron chi connectivity index (χ2n) is 5.82. The summed E-state index contributed by atoms with van der Waals surface area (Å²) in [6, 6.07) is 0.659. The van der Waals surface area contributed by atoms with Crippen LogP contribution in [0.5, 0.6) is 0 Å². The number of hydrogen-bond donors (Lipinski definition) is 1. The van der Waals surface area contributed by atoms with Gasteiger partial charge in [-0.1, -0.05) is 0 Å². The summed E-state index contributed by atoms with van der Waals surface area (Å²) in [5.74, 6) is 0. The Bertz CT molecular complexity index is 211. The van der Waals surface area contributed by atoms with Crippen LogP contribution in [0, 0.1) is 5.41 Å². The van der Waals surface area contributed by atoms with Gasteiger partial charge in [0.05, 0.1) is 0 Å². The first kappa shape index (κ1) is 11.4. The minimum absolute atomic E-state index is 0.650. The second kappa shape index (κ2) is 4.40. The highest BCUT2D eigenvalue weighted by Crippen LogP contribution is 2.46. The van der Waals surface area contributed by atoms with Gasteiger partial charge in [0.25, 0.3) is 0 Å². The van der Waals surface area contributed by atoms with E-state index in [4.69, 9.17) is 0 Å². The van der Waals surface area contributed by atoms with Gasteiger partial charge in [-0.3, -0.25) is 4.90 Å². The zero-order chi connectivity index (χ0) is 10.9. The number of nitrogens with zero attached hydrogens (tertiary/aromatic N) is 2. The molecule has 0 radical (unpaired) electrons. The Morgan fingerprint density at radius 2 is 2.13 bits per heavy atom. The summed E-state index contributed by atoms with van der Waals surface area (Å²) in [6.45, 7) is 8.49. The molecule has 1 unspecified atom stereocenters. The van der Waals surface area contributed by atoms with Crippen molar-refractivity contribution in [1.82, 2.24) is 15.1 Å². The zero-order valence-corrected chi connectivity index (χ0v) is 10.4. The lowest BCUT2D eigenvalue weighted by molar-refractivity contribution is 0.214. The lowest BCUT2D eigenvalue weighted by atomic mass is 10.1. The molecule has 3 heteroatoms. The molecule has 0 aromatic carbocycles. The number of likely N-dealkylation sites (N-methyl/N-ethyl adjacent to an activating group) is 1. The fourth-order valence-electron chi connectivity index (χ4n) is 2.46. The largest absolute Gasteiger partial charge is 0.312 e. The SMILES string of the molecule is CC1CN(CCN(C)C)CC2(CC2)CN1. The van der Waals surface area contributed by atoms with E-state index in [0.29, 0.717) is 11.5 Å². The first-order chi connectivity index (χ1) is 7.10. The highest BCUT2D eigenvalue weighted by molar-refractivity contribution is 5.00. The highest BCUT2D eigenvalue weighted by Gasteiger charge is 2.45. The third-order valence-electron chi connectivity index (χ3n) is 3.74. The van der Waals surface area contributed by atoms with Crippen LogP contribution in [0.25, 0.3) is 0 Å². The van der Waals surface area contributed by atoms with Crippen molar-refractivity contribution >= 4 is 0 Å². The molecule has 1 N–H and O–H groups in total. The Hall–Kier alpha value is -0.120. The number of rotatable bonds is 3. The number of nitrogens with one attached hydrogen (secondary N) is 1. The van der Waals surface area contributed by atoms with Crippen molar-refractivity contribution in [1.29, 1.82) is 0 Å². The fourth-order valence-corrected chi connectivity index (χ4v) is 2.46. The lowest BCUT2D eigenvalue weighted by Gasteiger charge is -2.25. The molecule has 1 atom stereocenters. The van der Waals surface area contributed by atoms with Crippen molar-refractivity contribution in [2.24, 2.45) is 5.41 Å². The van der Waals surface area contributed by atoms with Crippen molar-refractivity contribution in [3.63, 3.8) is 0 Å². The first-order valence-corrected chi connectivity index (χ1v) is 6.20. The molecule has 88 valence electrons. The van der Waals surface area contributed by atoms with Gasteiger partial charge in [-0.25, -0.2) is 0 Å². The van der Waals surface area contributed by atoms with E-state index in [1.807, 2.05) is 0 Å². The predicted molar refractivity (Wildman–Crippen MR) is 64.1 cm³/mol. The summed E-state index contributed by atoms with van der Waals surface area (Å²) < 4.78 is 0. The quantitative estimate of drug-likeness (QED) is 0.738. The van der Waals surface area contributed by atoms with Crippen LogP contribution < -0.4 is 5.32 Å². The van der Waals surface area contributed by atoms with Crippen LogP contribution in [0.4, 0.5) is 0 Å². The van der Waals surface area contributed by atoms with E-state index in [9.17, 15) is 0 Å². The van der Waals surface area contributed by atoms with Gasteiger partial charge in [0, 0.05) is 38.8 Å². The maximum absolute atomic E-state index is 3.66. The molecule has 1 saturated carbocycles. The van der Waals surface area contributed by atoms with Crippen molar-refractivity contribution in [2.45, 2.75) is 25.8 Å². The third-order valence-corrected chi connectivity index (χ3v) is 3.74. The van der Waals surface area contributed by atoms with E-state index < -0.39 is 0 Å². The summed E-state index contributed by atoms with van der Waals surface area (Å²) in [4.78, 5) is 4.93. The Morgan fingerprint density at radius 1 is 1.40 bits per heavy atom. The summed E-state index contributed by atoms with van der Waals surface area (Å²) in [5.41, 5.74) is 0.650. The van der Waals surface area contributed by atoms with Crippen LogP contribution >= 0.6 is 0 Å². The molecular formula is C12H25N3. The van der Waals surface area contributed by atoms with Crippen LogP contribution in [0.1, 0.15) is 19.8 Å². The van der Waals surface area contributed by atoms with Gasteiger partial charge in [0.15, 0.2) is 0 Å². The Labute approximate surface area is 93.8 Å². The average molecular weight is 211 g/mol. The molecule has 0 bridgehead atoms. The molecule has 2 fully saturated rings. The monoisotopic (exact) mass is 211 g/mol. The molecule has 1 spiro atoms. The maximum atomic E-state index is 3.66. The maximum Gasteiger partial charge on any atom is 0.0166 e. The molecule has 1 heterocycles. The van der Waals surface area contributed by atoms with Crippen LogP contribution in [-0.2, 0) is 0 Å². The molecule has 0 aromatic heterocycles. The number of hydrogen-bond acceptors (Lipinski definition) is 3. The van der Waals surface area contributed by atoms with Crippen LogP contribution in [0.2, 0.25) is 0 Å². The highest BCUT2D eigenvalue weighted by atomic mass is 15.2. The van der Waals surface area contributed by atoms with Crippen LogP contribution in [0.3, 0.4) is 0 Å². The van der Waals surface area contributed by atoms with Gasteiger partial charge in [-0.05, 0) is 39.3 Å². The van der Waals surface area contributed by atoms with Gasteiger partial charge in [0.1, 0.15) is 0 Å². The molecule has 2 aliphatic rings. The van der Waals surface area contributed by atoms with Gasteiger partial charge in [0.2, 0.25) is 0 Å². The predicted octanol–water partition coefficient (Wildman–Crippen LogP) is 0.622. The third kappa shape index (κ3) is 3.16. The van der Waals surface area contributed by atoms with Crippen molar-refractivity contribution in [2.75, 3.05) is 46.8 Å². The van der Waals surface area contributed by atoms with Crippen LogP contribution in [0.15, 0.2) is 0 Å². The molecule has 3 nitrogen and oxygen atoms in total. The Morgan fingerprint density at radius 3 is 2.73 bits per heavy atom. The summed E-state index contributed by atoms with van der Waals surface area (Å²) >= 11 is 0. The second-order valence-corrected chi connectivity index (χ2v) is 5.82. The first-order valence-electron chi connectivity index (χ1n) is 6.20. The standard InChI is InChI=1S/C12H25N3/c1-11-8-15(7-6-14(2)3)10-12(4-5-12)9-13-11/h11,13H,4-10H2,1-3H3. The van der Waals surface area contributed by atoms with Crippen molar-refractivity contribution in [3.8, 4) is 0 Å². The molecule has 1 aliphatic carbocycles. The van der Waals surface area contributed by atoms with Crippen molar-refractivity contribution in [3.05, 3.63) is 0 Å². The molecule has 0 aromatic rings. The normalized spacial score (nSPS) is 30.8. The van der Waals surface area contributed by atoms with E-state index >= 15 is 0 Å². The summed E-state index contributed by atoms with van der Waals surface area (Å²) in [6.07, 6.45) is 2.87. The molecular weight excluding hydrogens is 186 g/mol. The topological polar surface area (TPSA) is 18.5 Å². The molecule has 0 amide bonds. The smallest absolute Gasteiger partial charge is 0.0166 e. The fraction of sp³-hybridized carbons (Fsp3) is 1.00. The van der Waals surface area contributed by atoms with Gasteiger partial charge >= 0.3 is 0 Å².